The van der Waals surface area contributed by atoms with Crippen molar-refractivity contribution in [3.63, 3.8) is 0 Å². The summed E-state index contributed by atoms with van der Waals surface area (Å²) in [7, 11) is 1.52. The van der Waals surface area contributed by atoms with Crippen LogP contribution in [-0.4, -0.2) is 97.4 Å². The van der Waals surface area contributed by atoms with Crippen molar-refractivity contribution >= 4 is 62.6 Å². The molecule has 6 heterocycles. The van der Waals surface area contributed by atoms with Crippen molar-refractivity contribution in [2.75, 3.05) is 25.6 Å². The Kier molecular flexibility index (Phi) is 13.1. The van der Waals surface area contributed by atoms with Gasteiger partial charge in [-0.25, -0.2) is 19.7 Å². The number of hydrogen-bond acceptors (Lipinski definition) is 13. The predicted octanol–water partition coefficient (Wildman–Crippen LogP) is 5.52. The molecule has 0 aliphatic heterocycles. The van der Waals surface area contributed by atoms with Crippen molar-refractivity contribution in [1.29, 1.82) is 0 Å². The number of esters is 1. The summed E-state index contributed by atoms with van der Waals surface area (Å²) in [5.41, 5.74) is 17.6. The number of fused-ring (bicyclic) bond motifs is 4. The normalized spacial score (nSPS) is 11.6. The summed E-state index contributed by atoms with van der Waals surface area (Å²) >= 11 is 0. The minimum Gasteiger partial charge on any atom is -0.495 e. The number of nitrogens with two attached hydrogens (primary N) is 2. The van der Waals surface area contributed by atoms with Gasteiger partial charge in [-0.3, -0.25) is 33.7 Å². The molecule has 352 valence electrons. The Morgan fingerprint density at radius 3 is 1.99 bits per heavy atom. The van der Waals surface area contributed by atoms with Crippen LogP contribution in [0.2, 0.25) is 0 Å². The lowest BCUT2D eigenvalue weighted by molar-refractivity contribution is 0.0471. The molecule has 21 heteroatoms. The molecule has 0 spiro atoms. The second kappa shape index (κ2) is 19.2. The van der Waals surface area contributed by atoms with E-state index in [9.17, 15) is 19.2 Å². The molecule has 8 rings (SSSR count). The molecule has 0 atom stereocenters. The van der Waals surface area contributed by atoms with Gasteiger partial charge in [-0.15, -0.1) is 0 Å². The smallest absolute Gasteiger partial charge is 0.356 e. The van der Waals surface area contributed by atoms with Gasteiger partial charge in [-0.2, -0.15) is 15.3 Å². The van der Waals surface area contributed by atoms with Gasteiger partial charge in [0.15, 0.2) is 5.82 Å². The van der Waals surface area contributed by atoms with Crippen LogP contribution in [0.3, 0.4) is 0 Å². The minimum atomic E-state index is -0.707. The number of amides is 3. The third kappa shape index (κ3) is 8.96. The summed E-state index contributed by atoms with van der Waals surface area (Å²) in [5.74, 6) is -0.967. The van der Waals surface area contributed by atoms with Gasteiger partial charge in [0.05, 0.1) is 48.4 Å². The molecular formula is C47H52N14O7. The highest BCUT2D eigenvalue weighted by molar-refractivity contribution is 6.12. The van der Waals surface area contributed by atoms with Crippen molar-refractivity contribution in [1.82, 2.24) is 53.4 Å². The summed E-state index contributed by atoms with van der Waals surface area (Å²) in [6.45, 7) is 13.4. The monoisotopic (exact) mass is 924 g/mol. The third-order valence-electron chi connectivity index (χ3n) is 11.3. The number of aryl methyl sites for hydroxylation is 6. The number of imidazole rings is 1. The summed E-state index contributed by atoms with van der Waals surface area (Å²) in [6.07, 6.45) is 5.85. The molecule has 0 bridgehead atoms. The molecule has 3 amide bonds. The fraction of sp³-hybridized carbons (Fsp3) is 0.319. The average Bonchev–Trinajstić information content (AvgIpc) is 4.15. The maximum absolute atomic E-state index is 13.9. The first-order valence-corrected chi connectivity index (χ1v) is 22.1. The van der Waals surface area contributed by atoms with Gasteiger partial charge >= 0.3 is 5.97 Å². The van der Waals surface area contributed by atoms with Crippen molar-refractivity contribution in [3.05, 3.63) is 100 Å². The zero-order valence-electron chi connectivity index (χ0n) is 38.9. The summed E-state index contributed by atoms with van der Waals surface area (Å²) in [4.78, 5) is 66.5. The van der Waals surface area contributed by atoms with Crippen molar-refractivity contribution in [3.8, 4) is 23.0 Å². The van der Waals surface area contributed by atoms with E-state index in [0.717, 1.165) is 11.4 Å². The van der Waals surface area contributed by atoms with Crippen LogP contribution >= 0.6 is 0 Å². The van der Waals surface area contributed by atoms with Crippen molar-refractivity contribution < 1.29 is 33.4 Å². The standard InChI is InChI=1S/C47H52N14O7/c1-8-59-34(18-26(4)54-59)43-50-25-32-31-21-29(41(48)62)23-37(66-7)39(31)57(44(32)52-43)14-11-12-15-58-40-33(51-47(58)53-45(64)35-19-27(5)55-60(35)9-2)22-30(42(49)63)24-38(40)67-16-13-17-68-46(65)36-20-28(6)56-61(36)10-3/h11-12,18-25H,8-10,13-17H2,1-7H3,(H2,48,62)(H2,49,63)(H,51,53,64). The third-order valence-corrected chi connectivity index (χ3v) is 11.3. The van der Waals surface area contributed by atoms with E-state index >= 15 is 0 Å². The Balaban J connectivity index is 1.16. The number of ether oxygens (including phenoxy) is 3. The first kappa shape index (κ1) is 46.2. The molecule has 68 heavy (non-hydrogen) atoms. The summed E-state index contributed by atoms with van der Waals surface area (Å²) in [5, 5.41) is 17.7. The van der Waals surface area contributed by atoms with E-state index < -0.39 is 23.7 Å². The Labute approximate surface area is 389 Å². The quantitative estimate of drug-likeness (QED) is 0.0514. The maximum Gasteiger partial charge on any atom is 0.356 e. The lowest BCUT2D eigenvalue weighted by atomic mass is 10.1. The number of rotatable bonds is 19. The molecule has 21 nitrogen and oxygen atoms in total. The SMILES string of the molecule is CCn1nc(C)cc1C(=O)Nc1nc2cc(C(N)=O)cc(OCCCOC(=O)c3cc(C)nn3CC)c2n1CC=CCn1c2nc(-c3cc(C)nn3CC)ncc2c2cc(C(N)=O)cc(OC)c21. The van der Waals surface area contributed by atoms with Crippen LogP contribution in [0.4, 0.5) is 5.95 Å². The number of carbonyl (C=O) groups excluding carboxylic acids is 4. The number of allylic oxidation sites excluding steroid dienone is 2. The molecule has 0 saturated heterocycles. The van der Waals surface area contributed by atoms with Crippen LogP contribution in [0.1, 0.15) is 86.0 Å². The van der Waals surface area contributed by atoms with E-state index in [2.05, 4.69) is 20.6 Å². The minimum absolute atomic E-state index is 0.0466. The molecule has 6 aromatic heterocycles. The highest BCUT2D eigenvalue weighted by atomic mass is 16.5. The van der Waals surface area contributed by atoms with Crippen LogP contribution in [0, 0.1) is 20.8 Å². The van der Waals surface area contributed by atoms with Crippen LogP contribution in [-0.2, 0) is 37.5 Å². The van der Waals surface area contributed by atoms with E-state index in [0.29, 0.717) is 93.4 Å². The largest absolute Gasteiger partial charge is 0.495 e. The van der Waals surface area contributed by atoms with E-state index in [1.807, 2.05) is 55.2 Å². The Hall–Kier alpha value is -8.36. The van der Waals surface area contributed by atoms with Gasteiger partial charge < -0.3 is 34.8 Å². The highest BCUT2D eigenvalue weighted by Gasteiger charge is 2.24. The van der Waals surface area contributed by atoms with Crippen molar-refractivity contribution in [2.24, 2.45) is 11.5 Å². The fourth-order valence-electron chi connectivity index (χ4n) is 8.21. The first-order chi connectivity index (χ1) is 32.7. The van der Waals surface area contributed by atoms with Gasteiger partial charge in [0.25, 0.3) is 5.91 Å². The Morgan fingerprint density at radius 2 is 1.31 bits per heavy atom. The number of anilines is 1. The number of aromatic nitrogens is 11. The van der Waals surface area contributed by atoms with E-state index in [1.54, 1.807) is 58.2 Å². The second-order valence-electron chi connectivity index (χ2n) is 16.0. The molecule has 0 unspecified atom stereocenters. The van der Waals surface area contributed by atoms with Gasteiger partial charge in [-0.05, 0) is 84.0 Å². The van der Waals surface area contributed by atoms with Gasteiger partial charge in [-0.1, -0.05) is 12.2 Å². The van der Waals surface area contributed by atoms with E-state index in [-0.39, 0.29) is 49.1 Å². The summed E-state index contributed by atoms with van der Waals surface area (Å²) < 4.78 is 26.4. The highest BCUT2D eigenvalue weighted by Crippen LogP contribution is 2.37. The number of nitrogens with one attached hydrogen (secondary N) is 1. The molecule has 0 saturated carbocycles. The topological polar surface area (TPSA) is 262 Å². The molecule has 0 aliphatic rings. The Morgan fingerprint density at radius 1 is 0.691 bits per heavy atom. The number of carbonyl (C=O) groups is 4. The molecule has 0 aliphatic carbocycles. The lowest BCUT2D eigenvalue weighted by Gasteiger charge is -2.13. The number of methoxy groups -OCH3 is 1. The van der Waals surface area contributed by atoms with Crippen LogP contribution in [0.5, 0.6) is 11.5 Å². The van der Waals surface area contributed by atoms with E-state index in [1.165, 1.54) is 19.2 Å². The number of primary amides is 2. The molecular weight excluding hydrogens is 873 g/mol. The lowest BCUT2D eigenvalue weighted by Crippen LogP contribution is -2.20. The van der Waals surface area contributed by atoms with Gasteiger partial charge in [0.2, 0.25) is 17.8 Å². The molecule has 5 N–H and O–H groups in total. The second-order valence-corrected chi connectivity index (χ2v) is 16.0. The summed E-state index contributed by atoms with van der Waals surface area (Å²) in [6, 6.07) is 11.7. The van der Waals surface area contributed by atoms with E-state index in [4.69, 9.17) is 40.6 Å². The molecule has 8 aromatic rings. The number of hydrogen-bond donors (Lipinski definition) is 3. The van der Waals surface area contributed by atoms with Crippen LogP contribution in [0.25, 0.3) is 44.5 Å². The average molecular weight is 925 g/mol. The van der Waals surface area contributed by atoms with Crippen LogP contribution in [0.15, 0.2) is 60.8 Å². The fourth-order valence-corrected chi connectivity index (χ4v) is 8.21. The zero-order chi connectivity index (χ0) is 48.4. The predicted molar refractivity (Wildman–Crippen MR) is 253 cm³/mol. The van der Waals surface area contributed by atoms with Crippen molar-refractivity contribution in [2.45, 2.75) is 80.7 Å². The molecule has 0 fully saturated rings. The Bertz CT molecular complexity index is 3300. The number of benzene rings is 2. The first-order valence-electron chi connectivity index (χ1n) is 22.1. The van der Waals surface area contributed by atoms with Crippen LogP contribution < -0.4 is 26.3 Å². The van der Waals surface area contributed by atoms with Gasteiger partial charge in [0.1, 0.15) is 39.7 Å². The zero-order valence-corrected chi connectivity index (χ0v) is 38.9. The van der Waals surface area contributed by atoms with Gasteiger partial charge in [0, 0.05) is 67.2 Å². The number of nitrogens with zero attached hydrogens (tertiary/aromatic N) is 11. The molecule has 0 radical (unpaired) electrons. The maximum atomic E-state index is 13.9. The molecule has 2 aromatic carbocycles.